The van der Waals surface area contributed by atoms with Gasteiger partial charge in [-0.1, -0.05) is 0 Å². The number of hydrogen-bond acceptors (Lipinski definition) is 5. The van der Waals surface area contributed by atoms with E-state index in [-0.39, 0.29) is 23.5 Å². The maximum atomic E-state index is 12.9. The lowest BCUT2D eigenvalue weighted by Gasteiger charge is -2.20. The molecule has 0 saturated carbocycles. The summed E-state index contributed by atoms with van der Waals surface area (Å²) >= 11 is 0. The largest absolute Gasteiger partial charge is 0.506 e. The van der Waals surface area contributed by atoms with Crippen LogP contribution in [0.4, 0.5) is 0 Å². The van der Waals surface area contributed by atoms with Crippen LogP contribution < -0.4 is 11.1 Å². The summed E-state index contributed by atoms with van der Waals surface area (Å²) in [7, 11) is 3.17. The molecule has 9 heteroatoms. The average molecular weight is 373 g/mol. The van der Waals surface area contributed by atoms with Crippen molar-refractivity contribution in [3.8, 4) is 5.75 Å². The van der Waals surface area contributed by atoms with E-state index in [1.807, 2.05) is 0 Å². The molecule has 0 spiro atoms. The molecule has 0 aliphatic rings. The highest BCUT2D eigenvalue weighted by Crippen LogP contribution is 2.39. The molecule has 0 amide bonds. The minimum atomic E-state index is -0.858. The van der Waals surface area contributed by atoms with Gasteiger partial charge in [0, 0.05) is 42.8 Å². The van der Waals surface area contributed by atoms with Crippen LogP contribution in [-0.2, 0) is 20.7 Å². The van der Waals surface area contributed by atoms with Crippen molar-refractivity contribution in [3.63, 3.8) is 0 Å². The first-order chi connectivity index (χ1) is 12.7. The van der Waals surface area contributed by atoms with E-state index in [4.69, 9.17) is 0 Å². The van der Waals surface area contributed by atoms with Gasteiger partial charge in [0.05, 0.1) is 29.3 Å². The van der Waals surface area contributed by atoms with E-state index in [0.717, 1.165) is 0 Å². The van der Waals surface area contributed by atoms with E-state index in [0.29, 0.717) is 39.3 Å². The van der Waals surface area contributed by atoms with Gasteiger partial charge in [0.25, 0.3) is 11.1 Å². The highest BCUT2D eigenvalue weighted by atomic mass is 16.3. The van der Waals surface area contributed by atoms with E-state index >= 15 is 0 Å². The van der Waals surface area contributed by atoms with Crippen LogP contribution in [0.15, 0.2) is 15.8 Å². The number of aryl methyl sites for hydroxylation is 5. The Hall–Kier alpha value is -3.07. The van der Waals surface area contributed by atoms with Crippen molar-refractivity contribution in [3.05, 3.63) is 66.2 Å². The van der Waals surface area contributed by atoms with E-state index < -0.39 is 5.92 Å². The average Bonchev–Trinajstić information content (AvgIpc) is 3.01. The Balaban J connectivity index is 2.50. The SMILES string of the molecule is Cc1ncc(CO)c(C(c2c(C)[nH]n(C)c2=O)c2c(C)[nH]n(C)c2=O)c1O. The molecule has 0 bridgehead atoms. The molecule has 3 aromatic rings. The molecule has 3 aromatic heterocycles. The molecule has 4 N–H and O–H groups in total. The second-order valence-corrected chi connectivity index (χ2v) is 6.75. The van der Waals surface area contributed by atoms with Crippen molar-refractivity contribution in [2.24, 2.45) is 14.1 Å². The molecule has 144 valence electrons. The molecule has 9 nitrogen and oxygen atoms in total. The van der Waals surface area contributed by atoms with E-state index in [9.17, 15) is 19.8 Å². The zero-order valence-electron chi connectivity index (χ0n) is 15.9. The zero-order chi connectivity index (χ0) is 20.0. The first kappa shape index (κ1) is 18.7. The summed E-state index contributed by atoms with van der Waals surface area (Å²) in [5.41, 5.74) is 2.23. The summed E-state index contributed by atoms with van der Waals surface area (Å²) in [6, 6.07) is 0. The van der Waals surface area contributed by atoms with Crippen molar-refractivity contribution in [1.29, 1.82) is 0 Å². The maximum Gasteiger partial charge on any atom is 0.270 e. The quantitative estimate of drug-likeness (QED) is 0.527. The minimum Gasteiger partial charge on any atom is -0.506 e. The van der Waals surface area contributed by atoms with Crippen LogP contribution in [0.3, 0.4) is 0 Å². The van der Waals surface area contributed by atoms with Crippen molar-refractivity contribution in [2.75, 3.05) is 0 Å². The third kappa shape index (κ3) is 2.80. The Morgan fingerprint density at radius 3 is 1.85 bits per heavy atom. The molecule has 3 rings (SSSR count). The first-order valence-corrected chi connectivity index (χ1v) is 8.48. The summed E-state index contributed by atoms with van der Waals surface area (Å²) in [6.45, 7) is 4.71. The number of nitrogens with one attached hydrogen (secondary N) is 2. The van der Waals surface area contributed by atoms with Gasteiger partial charge in [-0.3, -0.25) is 34.1 Å². The van der Waals surface area contributed by atoms with Gasteiger partial charge >= 0.3 is 0 Å². The van der Waals surface area contributed by atoms with Gasteiger partial charge in [-0.2, -0.15) is 0 Å². The number of aromatic amines is 2. The number of rotatable bonds is 4. The Kier molecular flexibility index (Phi) is 4.56. The number of hydrogen-bond donors (Lipinski definition) is 4. The second-order valence-electron chi connectivity index (χ2n) is 6.75. The van der Waals surface area contributed by atoms with Crippen molar-refractivity contribution < 1.29 is 10.2 Å². The minimum absolute atomic E-state index is 0.142. The fourth-order valence-electron chi connectivity index (χ4n) is 3.62. The molecule has 0 unspecified atom stereocenters. The predicted molar refractivity (Wildman–Crippen MR) is 99.0 cm³/mol. The lowest BCUT2D eigenvalue weighted by atomic mass is 9.82. The fourth-order valence-corrected chi connectivity index (χ4v) is 3.62. The smallest absolute Gasteiger partial charge is 0.270 e. The maximum absolute atomic E-state index is 12.9. The molecule has 0 saturated heterocycles. The van der Waals surface area contributed by atoms with Crippen LogP contribution >= 0.6 is 0 Å². The zero-order valence-corrected chi connectivity index (χ0v) is 15.9. The van der Waals surface area contributed by atoms with Gasteiger partial charge in [0.1, 0.15) is 5.75 Å². The molecule has 0 aromatic carbocycles. The van der Waals surface area contributed by atoms with Crippen LogP contribution in [0.1, 0.15) is 45.3 Å². The van der Waals surface area contributed by atoms with Crippen LogP contribution in [0, 0.1) is 20.8 Å². The topological polar surface area (TPSA) is 129 Å². The summed E-state index contributed by atoms with van der Waals surface area (Å²) < 4.78 is 2.65. The van der Waals surface area contributed by atoms with Gasteiger partial charge in [-0.25, -0.2) is 0 Å². The lowest BCUT2D eigenvalue weighted by Crippen LogP contribution is -2.25. The number of aliphatic hydroxyl groups is 1. The monoisotopic (exact) mass is 373 g/mol. The summed E-state index contributed by atoms with van der Waals surface area (Å²) in [5.74, 6) is -0.999. The Morgan fingerprint density at radius 1 is 1.00 bits per heavy atom. The molecule has 0 atom stereocenters. The van der Waals surface area contributed by atoms with Crippen LogP contribution in [0.2, 0.25) is 0 Å². The molecule has 0 aliphatic carbocycles. The second kappa shape index (κ2) is 6.58. The van der Waals surface area contributed by atoms with Crippen LogP contribution in [0.25, 0.3) is 0 Å². The standard InChI is InChI=1S/C18H23N5O4/c1-8-12(17(26)22(4)20-8)15(13-9(2)21-23(5)18(13)27)14-11(7-24)6-19-10(3)16(14)25/h6,15,20-21,24-25H,7H2,1-5H3. The van der Waals surface area contributed by atoms with Crippen molar-refractivity contribution >= 4 is 0 Å². The summed E-state index contributed by atoms with van der Waals surface area (Å²) in [6.07, 6.45) is 1.45. The molecule has 3 heterocycles. The van der Waals surface area contributed by atoms with Gasteiger partial charge in [0.2, 0.25) is 0 Å². The molecular formula is C18H23N5O4. The number of nitrogens with zero attached hydrogens (tertiary/aromatic N) is 3. The van der Waals surface area contributed by atoms with Crippen molar-refractivity contribution in [1.82, 2.24) is 24.5 Å². The highest BCUT2D eigenvalue weighted by Gasteiger charge is 2.33. The molecule has 0 fully saturated rings. The fraction of sp³-hybridized carbons (Fsp3) is 0.389. The number of aromatic nitrogens is 5. The Labute approximate surface area is 154 Å². The number of aromatic hydroxyl groups is 1. The normalized spacial score (nSPS) is 11.5. The number of H-pyrrole nitrogens is 2. The first-order valence-electron chi connectivity index (χ1n) is 8.48. The number of aliphatic hydroxyl groups excluding tert-OH is 1. The third-order valence-corrected chi connectivity index (χ3v) is 4.94. The summed E-state index contributed by atoms with van der Waals surface area (Å²) in [4.78, 5) is 29.8. The highest BCUT2D eigenvalue weighted by molar-refractivity contribution is 5.54. The number of pyridine rings is 1. The van der Waals surface area contributed by atoms with Gasteiger partial charge in [-0.15, -0.1) is 0 Å². The molecule has 0 aliphatic heterocycles. The molecular weight excluding hydrogens is 350 g/mol. The Bertz CT molecular complexity index is 1070. The predicted octanol–water partition coefficient (Wildman–Crippen LogP) is 0.439. The van der Waals surface area contributed by atoms with Gasteiger partial charge < -0.3 is 10.2 Å². The van der Waals surface area contributed by atoms with Gasteiger partial charge in [0.15, 0.2) is 0 Å². The third-order valence-electron chi connectivity index (χ3n) is 4.94. The Morgan fingerprint density at radius 2 is 1.48 bits per heavy atom. The van der Waals surface area contributed by atoms with E-state index in [1.165, 1.54) is 15.6 Å². The van der Waals surface area contributed by atoms with Gasteiger partial charge in [-0.05, 0) is 20.8 Å². The molecule has 27 heavy (non-hydrogen) atoms. The molecule has 0 radical (unpaired) electrons. The lowest BCUT2D eigenvalue weighted by molar-refractivity contribution is 0.278. The van der Waals surface area contributed by atoms with Crippen LogP contribution in [-0.4, -0.2) is 34.8 Å². The van der Waals surface area contributed by atoms with Crippen LogP contribution in [0.5, 0.6) is 5.75 Å². The van der Waals surface area contributed by atoms with Crippen molar-refractivity contribution in [2.45, 2.75) is 33.3 Å². The summed E-state index contributed by atoms with van der Waals surface area (Å²) in [5, 5.41) is 26.5. The van der Waals surface area contributed by atoms with E-state index in [2.05, 4.69) is 15.2 Å². The van der Waals surface area contributed by atoms with E-state index in [1.54, 1.807) is 34.9 Å².